The summed E-state index contributed by atoms with van der Waals surface area (Å²) in [5.74, 6) is -1.59. The predicted octanol–water partition coefficient (Wildman–Crippen LogP) is 1.37. The molecule has 0 bridgehead atoms. The number of carbonyl (C=O) groups is 1. The summed E-state index contributed by atoms with van der Waals surface area (Å²) in [4.78, 5) is 10.5. The van der Waals surface area contributed by atoms with E-state index in [9.17, 15) is 13.2 Å². The normalized spacial score (nSPS) is 15.9. The fourth-order valence-electron chi connectivity index (χ4n) is 1.19. The molecule has 2 atom stereocenters. The van der Waals surface area contributed by atoms with Crippen LogP contribution in [0.3, 0.4) is 0 Å². The highest BCUT2D eigenvalue weighted by atomic mass is 35.5. The van der Waals surface area contributed by atoms with Gasteiger partial charge in [0.15, 0.2) is 0 Å². The minimum Gasteiger partial charge on any atom is -0.481 e. The zero-order valence-electron chi connectivity index (χ0n) is 8.39. The summed E-state index contributed by atoms with van der Waals surface area (Å²) in [5, 5.41) is 7.58. The maximum absolute atomic E-state index is 10.9. The van der Waals surface area contributed by atoms with Gasteiger partial charge in [-0.05, 0) is 19.3 Å². The highest BCUT2D eigenvalue weighted by Gasteiger charge is 2.27. The molecule has 0 radical (unpaired) electrons. The van der Waals surface area contributed by atoms with Crippen LogP contribution in [0.4, 0.5) is 0 Å². The second-order valence-corrected chi connectivity index (χ2v) is 5.52. The monoisotopic (exact) mass is 258 g/mol. The quantitative estimate of drug-likeness (QED) is 0.532. The lowest BCUT2D eigenvalue weighted by Gasteiger charge is -2.15. The number of hydrogen-bond donors (Lipinski definition) is 2. The van der Waals surface area contributed by atoms with Crippen LogP contribution in [-0.4, -0.2) is 35.2 Å². The van der Waals surface area contributed by atoms with Crippen molar-refractivity contribution in [2.24, 2.45) is 5.92 Å². The van der Waals surface area contributed by atoms with Crippen molar-refractivity contribution >= 4 is 27.7 Å². The van der Waals surface area contributed by atoms with Gasteiger partial charge < -0.3 is 5.11 Å². The molecule has 0 saturated carbocycles. The number of carboxylic acid groups (broad SMARTS) is 1. The minimum absolute atomic E-state index is 0.0922. The van der Waals surface area contributed by atoms with Crippen molar-refractivity contribution in [1.29, 1.82) is 0 Å². The third-order valence-electron chi connectivity index (χ3n) is 2.12. The Morgan fingerprint density at radius 2 is 2.00 bits per heavy atom. The molecule has 0 amide bonds. The molecule has 0 aliphatic rings. The molecule has 0 rings (SSSR count). The molecule has 2 unspecified atom stereocenters. The molecule has 90 valence electrons. The van der Waals surface area contributed by atoms with E-state index < -0.39 is 27.3 Å². The fourth-order valence-corrected chi connectivity index (χ4v) is 2.34. The van der Waals surface area contributed by atoms with E-state index in [1.54, 1.807) is 0 Å². The third kappa shape index (κ3) is 5.96. The summed E-state index contributed by atoms with van der Waals surface area (Å²) in [6.07, 6.45) is 0.517. The van der Waals surface area contributed by atoms with Crippen molar-refractivity contribution < 1.29 is 22.9 Å². The highest BCUT2D eigenvalue weighted by Crippen LogP contribution is 2.17. The van der Waals surface area contributed by atoms with Crippen molar-refractivity contribution in [3.05, 3.63) is 0 Å². The van der Waals surface area contributed by atoms with Crippen LogP contribution in [0.1, 0.15) is 26.2 Å². The van der Waals surface area contributed by atoms with Gasteiger partial charge in [-0.1, -0.05) is 6.92 Å². The van der Waals surface area contributed by atoms with Crippen LogP contribution in [0.5, 0.6) is 0 Å². The average molecular weight is 259 g/mol. The lowest BCUT2D eigenvalue weighted by molar-refractivity contribution is -0.141. The van der Waals surface area contributed by atoms with Gasteiger partial charge in [-0.25, -0.2) is 0 Å². The summed E-state index contributed by atoms with van der Waals surface area (Å²) in [6.45, 7) is 1.40. The molecule has 7 heteroatoms. The van der Waals surface area contributed by atoms with Crippen molar-refractivity contribution in [3.63, 3.8) is 0 Å². The van der Waals surface area contributed by atoms with Gasteiger partial charge in [0.2, 0.25) is 0 Å². The Bertz CT molecular complexity index is 300. The Morgan fingerprint density at radius 1 is 1.47 bits per heavy atom. The van der Waals surface area contributed by atoms with E-state index in [1.165, 1.54) is 6.92 Å². The number of halogens is 1. The largest absolute Gasteiger partial charge is 0.481 e. The molecule has 0 aromatic rings. The zero-order valence-corrected chi connectivity index (χ0v) is 9.96. The van der Waals surface area contributed by atoms with Crippen LogP contribution in [-0.2, 0) is 14.9 Å². The molecule has 0 spiro atoms. The summed E-state index contributed by atoms with van der Waals surface area (Å²) in [6, 6.07) is 0. The molecule has 0 aromatic heterocycles. The second-order valence-electron chi connectivity index (χ2n) is 3.44. The first-order valence-corrected chi connectivity index (χ1v) is 6.58. The molecule has 2 N–H and O–H groups in total. The van der Waals surface area contributed by atoms with Gasteiger partial charge in [-0.3, -0.25) is 9.35 Å². The first kappa shape index (κ1) is 14.7. The SMILES string of the molecule is CC(CC(CCCCl)S(=O)(=O)O)C(=O)O. The van der Waals surface area contributed by atoms with Crippen LogP contribution < -0.4 is 0 Å². The summed E-state index contributed by atoms with van der Waals surface area (Å²) in [5.41, 5.74) is 0. The van der Waals surface area contributed by atoms with Crippen molar-refractivity contribution in [2.75, 3.05) is 5.88 Å². The van der Waals surface area contributed by atoms with Crippen molar-refractivity contribution in [1.82, 2.24) is 0 Å². The van der Waals surface area contributed by atoms with Crippen LogP contribution in [0.2, 0.25) is 0 Å². The van der Waals surface area contributed by atoms with E-state index in [-0.39, 0.29) is 18.7 Å². The molecular weight excluding hydrogens is 244 g/mol. The molecule has 0 aliphatic carbocycles. The minimum atomic E-state index is -4.19. The van der Waals surface area contributed by atoms with Crippen LogP contribution >= 0.6 is 11.6 Å². The lowest BCUT2D eigenvalue weighted by atomic mass is 10.0. The topological polar surface area (TPSA) is 91.7 Å². The Hall–Kier alpha value is -0.330. The second kappa shape index (κ2) is 6.30. The third-order valence-corrected chi connectivity index (χ3v) is 3.66. The molecule has 0 aromatic carbocycles. The molecule has 0 saturated heterocycles. The molecular formula is C8H15ClO5S. The molecule has 5 nitrogen and oxygen atoms in total. The Kier molecular flexibility index (Phi) is 6.16. The van der Waals surface area contributed by atoms with Crippen LogP contribution in [0.25, 0.3) is 0 Å². The van der Waals surface area contributed by atoms with E-state index >= 15 is 0 Å². The standard InChI is InChI=1S/C8H15ClO5S/c1-6(8(10)11)5-7(3-2-4-9)15(12,13)14/h6-7H,2-5H2,1H3,(H,10,11)(H,12,13,14). The van der Waals surface area contributed by atoms with E-state index in [0.717, 1.165) is 0 Å². The van der Waals surface area contributed by atoms with E-state index in [0.29, 0.717) is 6.42 Å². The molecule has 0 fully saturated rings. The average Bonchev–Trinajstić information content (AvgIpc) is 2.09. The van der Waals surface area contributed by atoms with Gasteiger partial charge in [0.1, 0.15) is 0 Å². The van der Waals surface area contributed by atoms with Gasteiger partial charge in [-0.2, -0.15) is 8.42 Å². The summed E-state index contributed by atoms with van der Waals surface area (Å²) < 4.78 is 30.7. The van der Waals surface area contributed by atoms with E-state index in [4.69, 9.17) is 21.3 Å². The lowest BCUT2D eigenvalue weighted by Crippen LogP contribution is -2.26. The maximum atomic E-state index is 10.9. The highest BCUT2D eigenvalue weighted by molar-refractivity contribution is 7.86. The van der Waals surface area contributed by atoms with Gasteiger partial charge in [0, 0.05) is 5.88 Å². The number of alkyl halides is 1. The number of aliphatic carboxylic acids is 1. The Labute approximate surface area is 94.2 Å². The molecule has 0 aliphatic heterocycles. The van der Waals surface area contributed by atoms with Crippen LogP contribution in [0, 0.1) is 5.92 Å². The molecule has 15 heavy (non-hydrogen) atoms. The smallest absolute Gasteiger partial charge is 0.306 e. The Balaban J connectivity index is 4.45. The van der Waals surface area contributed by atoms with Gasteiger partial charge in [0.05, 0.1) is 11.2 Å². The Morgan fingerprint density at radius 3 is 2.33 bits per heavy atom. The maximum Gasteiger partial charge on any atom is 0.306 e. The zero-order chi connectivity index (χ0) is 12.1. The van der Waals surface area contributed by atoms with E-state index in [1.807, 2.05) is 0 Å². The van der Waals surface area contributed by atoms with Gasteiger partial charge >= 0.3 is 5.97 Å². The summed E-state index contributed by atoms with van der Waals surface area (Å²) in [7, 11) is -4.19. The number of rotatable bonds is 7. The summed E-state index contributed by atoms with van der Waals surface area (Å²) >= 11 is 5.40. The van der Waals surface area contributed by atoms with Crippen LogP contribution in [0.15, 0.2) is 0 Å². The van der Waals surface area contributed by atoms with E-state index in [2.05, 4.69) is 0 Å². The molecule has 0 heterocycles. The van der Waals surface area contributed by atoms with Crippen molar-refractivity contribution in [2.45, 2.75) is 31.4 Å². The first-order chi connectivity index (χ1) is 6.79. The predicted molar refractivity (Wildman–Crippen MR) is 56.7 cm³/mol. The van der Waals surface area contributed by atoms with Gasteiger partial charge in [0.25, 0.3) is 10.1 Å². The fraction of sp³-hybridized carbons (Fsp3) is 0.875. The number of carboxylic acids is 1. The van der Waals surface area contributed by atoms with Gasteiger partial charge in [-0.15, -0.1) is 11.6 Å². The van der Waals surface area contributed by atoms with Crippen molar-refractivity contribution in [3.8, 4) is 0 Å². The number of hydrogen-bond acceptors (Lipinski definition) is 3. The first-order valence-electron chi connectivity index (χ1n) is 4.54.